The van der Waals surface area contributed by atoms with Gasteiger partial charge >= 0.3 is 5.13 Å². The number of rotatable bonds is 7. The number of hydrogen-bond acceptors (Lipinski definition) is 8. The van der Waals surface area contributed by atoms with Crippen LogP contribution in [-0.2, 0) is 17.1 Å². The van der Waals surface area contributed by atoms with Gasteiger partial charge < -0.3 is 22.5 Å². The van der Waals surface area contributed by atoms with Crippen LogP contribution in [0, 0.1) is 6.92 Å². The first kappa shape index (κ1) is 25.3. The van der Waals surface area contributed by atoms with Gasteiger partial charge in [-0.25, -0.2) is 8.42 Å². The van der Waals surface area contributed by atoms with Gasteiger partial charge in [0.05, 0.1) is 29.9 Å². The molecule has 0 aliphatic rings. The van der Waals surface area contributed by atoms with Gasteiger partial charge in [0.1, 0.15) is 23.5 Å². The normalized spacial score (nSPS) is 11.4. The second kappa shape index (κ2) is 10.3. The number of aryl methyl sites for hydroxylation is 2. The van der Waals surface area contributed by atoms with E-state index in [4.69, 9.17) is 4.74 Å². The number of sulfonamides is 1. The van der Waals surface area contributed by atoms with Crippen LogP contribution in [-0.4, -0.2) is 26.9 Å². The molecule has 0 atom stereocenters. The Hall–Kier alpha value is -3.28. The molecule has 9 nitrogen and oxygen atoms in total. The highest BCUT2D eigenvalue weighted by atomic mass is 35.5. The third-order valence-electron chi connectivity index (χ3n) is 4.72. The summed E-state index contributed by atoms with van der Waals surface area (Å²) < 4.78 is 33.8. The number of hydrogen-bond donors (Lipinski definition) is 2. The number of anilines is 3. The van der Waals surface area contributed by atoms with E-state index in [-0.39, 0.29) is 18.1 Å². The lowest BCUT2D eigenvalue weighted by Gasteiger charge is -2.16. The summed E-state index contributed by atoms with van der Waals surface area (Å²) >= 11 is 1.38. The van der Waals surface area contributed by atoms with E-state index < -0.39 is 10.0 Å². The summed E-state index contributed by atoms with van der Waals surface area (Å²) in [5, 5.41) is 19.7. The fraction of sp³-hybridized carbons (Fsp3) is 0.182. The van der Waals surface area contributed by atoms with Crippen molar-refractivity contribution >= 4 is 60.0 Å². The van der Waals surface area contributed by atoms with E-state index in [1.165, 1.54) is 11.3 Å². The highest BCUT2D eigenvalue weighted by Gasteiger charge is 2.18. The lowest BCUT2D eigenvalue weighted by molar-refractivity contribution is -0.714. The Morgan fingerprint density at radius 1 is 1.03 bits per heavy atom. The summed E-state index contributed by atoms with van der Waals surface area (Å²) in [4.78, 5) is 0. The molecule has 4 aromatic rings. The molecule has 0 saturated carbocycles. The zero-order valence-electron chi connectivity index (χ0n) is 18.9. The molecule has 178 valence electrons. The summed E-state index contributed by atoms with van der Waals surface area (Å²) in [7, 11) is -0.254. The number of nitrogens with one attached hydrogen (secondary N) is 2. The predicted molar refractivity (Wildman–Crippen MR) is 131 cm³/mol. The van der Waals surface area contributed by atoms with Crippen LogP contribution in [0.25, 0.3) is 10.8 Å². The maximum atomic E-state index is 12.0. The van der Waals surface area contributed by atoms with Crippen molar-refractivity contribution in [2.24, 2.45) is 17.3 Å². The Morgan fingerprint density at radius 3 is 2.44 bits per heavy atom. The van der Waals surface area contributed by atoms with Gasteiger partial charge in [0.25, 0.3) is 0 Å². The third kappa shape index (κ3) is 5.79. The minimum Gasteiger partial charge on any atom is -1.00 e. The number of benzene rings is 3. The minimum absolute atomic E-state index is 0. The highest BCUT2D eigenvalue weighted by molar-refractivity contribution is 7.92. The van der Waals surface area contributed by atoms with Gasteiger partial charge in [-0.05, 0) is 40.9 Å². The van der Waals surface area contributed by atoms with Crippen LogP contribution in [0.4, 0.5) is 27.9 Å². The molecular formula is C22H23ClN6O3S2. The molecule has 0 saturated heterocycles. The van der Waals surface area contributed by atoms with Crippen LogP contribution in [0.3, 0.4) is 0 Å². The van der Waals surface area contributed by atoms with Crippen molar-refractivity contribution < 1.29 is 30.2 Å². The number of aromatic nitrogens is 2. The molecule has 34 heavy (non-hydrogen) atoms. The van der Waals surface area contributed by atoms with Crippen LogP contribution < -0.4 is 31.9 Å². The summed E-state index contributed by atoms with van der Waals surface area (Å²) in [5.74, 6) is 0.487. The lowest BCUT2D eigenvalue weighted by atomic mass is 10.1. The van der Waals surface area contributed by atoms with Gasteiger partial charge in [0.2, 0.25) is 10.0 Å². The average Bonchev–Trinajstić information content (AvgIpc) is 3.09. The van der Waals surface area contributed by atoms with Crippen LogP contribution in [0.2, 0.25) is 0 Å². The molecule has 0 amide bonds. The maximum absolute atomic E-state index is 12.0. The molecule has 2 N–H and O–H groups in total. The third-order valence-corrected chi connectivity index (χ3v) is 6.22. The van der Waals surface area contributed by atoms with E-state index in [0.717, 1.165) is 27.7 Å². The first-order chi connectivity index (χ1) is 15.7. The first-order valence-corrected chi connectivity index (χ1v) is 12.6. The Morgan fingerprint density at radius 2 is 1.76 bits per heavy atom. The molecule has 0 bridgehead atoms. The fourth-order valence-electron chi connectivity index (χ4n) is 3.33. The number of ether oxygens (including phenoxy) is 1. The zero-order valence-corrected chi connectivity index (χ0v) is 21.3. The van der Waals surface area contributed by atoms with E-state index in [0.29, 0.717) is 22.3 Å². The number of fused-ring (bicyclic) bond motifs is 1. The van der Waals surface area contributed by atoms with Crippen LogP contribution in [0.15, 0.2) is 64.8 Å². The van der Waals surface area contributed by atoms with Crippen LogP contribution in [0.5, 0.6) is 5.75 Å². The van der Waals surface area contributed by atoms with Gasteiger partial charge in [0, 0.05) is 17.1 Å². The number of halogens is 1. The van der Waals surface area contributed by atoms with E-state index in [2.05, 4.69) is 25.4 Å². The second-order valence-corrected chi connectivity index (χ2v) is 10.2. The largest absolute Gasteiger partial charge is 1.00 e. The van der Waals surface area contributed by atoms with Crippen LogP contribution >= 0.6 is 11.3 Å². The summed E-state index contributed by atoms with van der Waals surface area (Å²) in [5.41, 5.74) is 2.02. The fourth-order valence-corrected chi connectivity index (χ4v) is 4.58. The van der Waals surface area contributed by atoms with E-state index in [1.807, 2.05) is 49.4 Å². The number of azo groups is 1. The smallest absolute Gasteiger partial charge is 0.430 e. The van der Waals surface area contributed by atoms with Crippen molar-refractivity contribution in [3.8, 4) is 5.75 Å². The lowest BCUT2D eigenvalue weighted by Crippen LogP contribution is -3.00. The van der Waals surface area contributed by atoms with Gasteiger partial charge in [-0.15, -0.1) is 4.68 Å². The van der Waals surface area contributed by atoms with Gasteiger partial charge in [-0.2, -0.15) is 0 Å². The van der Waals surface area contributed by atoms with Crippen molar-refractivity contribution in [1.29, 1.82) is 0 Å². The monoisotopic (exact) mass is 518 g/mol. The van der Waals surface area contributed by atoms with Gasteiger partial charge in [-0.1, -0.05) is 41.5 Å². The Kier molecular flexibility index (Phi) is 7.70. The number of methoxy groups -OCH3 is 1. The quantitative estimate of drug-likeness (QED) is 0.287. The molecule has 4 rings (SSSR count). The predicted octanol–water partition coefficient (Wildman–Crippen LogP) is 1.97. The van der Waals surface area contributed by atoms with Crippen molar-refractivity contribution in [1.82, 2.24) is 5.10 Å². The molecule has 12 heteroatoms. The van der Waals surface area contributed by atoms with E-state index >= 15 is 0 Å². The van der Waals surface area contributed by atoms with E-state index in [9.17, 15) is 8.42 Å². The average molecular weight is 519 g/mol. The molecule has 1 aromatic heterocycles. The standard InChI is InChI=1S/C22H22N6O3S2.ClH/c1-14-26-28(2)22(32-14)25-24-18-13-21(31-3)20(12-19(18)27-33(4,29)30)23-17-11-7-9-15-8-5-6-10-16(15)17;/h5-13H,1-4H3,(H,23,27);1H. The Labute approximate surface area is 208 Å². The molecule has 0 fully saturated rings. The molecule has 0 spiro atoms. The summed E-state index contributed by atoms with van der Waals surface area (Å²) in [6, 6.07) is 17.2. The number of nitrogens with zero attached hydrogens (tertiary/aromatic N) is 4. The molecular weight excluding hydrogens is 496 g/mol. The highest BCUT2D eigenvalue weighted by Crippen LogP contribution is 2.40. The topological polar surface area (TPSA) is 109 Å². The molecule has 3 aromatic carbocycles. The SMILES string of the molecule is COc1cc(N=Nc2sc(C)n[n+]2C)c(NS(C)(=O)=O)cc1Nc1cccc2ccccc12.[Cl-]. The molecule has 1 heterocycles. The zero-order chi connectivity index (χ0) is 23.6. The van der Waals surface area contributed by atoms with Gasteiger partial charge in [0.15, 0.2) is 0 Å². The van der Waals surface area contributed by atoms with Crippen molar-refractivity contribution in [2.45, 2.75) is 6.92 Å². The second-order valence-electron chi connectivity index (χ2n) is 7.32. The van der Waals surface area contributed by atoms with Gasteiger partial charge in [-0.3, -0.25) is 4.72 Å². The van der Waals surface area contributed by atoms with E-state index in [1.54, 1.807) is 31.0 Å². The maximum Gasteiger partial charge on any atom is 0.430 e. The Balaban J connectivity index is 0.00000324. The molecule has 0 aliphatic carbocycles. The van der Waals surface area contributed by atoms with Crippen LogP contribution in [0.1, 0.15) is 5.01 Å². The molecule has 0 aliphatic heterocycles. The van der Waals surface area contributed by atoms with Crippen molar-refractivity contribution in [3.63, 3.8) is 0 Å². The summed E-state index contributed by atoms with van der Waals surface area (Å²) in [6.45, 7) is 1.87. The minimum atomic E-state index is -3.57. The molecule has 0 unspecified atom stereocenters. The summed E-state index contributed by atoms with van der Waals surface area (Å²) in [6.07, 6.45) is 1.09. The van der Waals surface area contributed by atoms with Crippen molar-refractivity contribution in [3.05, 3.63) is 59.6 Å². The molecule has 0 radical (unpaired) electrons. The van der Waals surface area contributed by atoms with Crippen molar-refractivity contribution in [2.75, 3.05) is 23.4 Å². The first-order valence-electron chi connectivity index (χ1n) is 9.93. The Bertz CT molecular complexity index is 1470.